The first-order valence-corrected chi connectivity index (χ1v) is 8.17. The van der Waals surface area contributed by atoms with Crippen LogP contribution in [0.5, 0.6) is 5.75 Å². The van der Waals surface area contributed by atoms with Crippen molar-refractivity contribution in [2.24, 2.45) is 0 Å². The molecule has 0 bridgehead atoms. The Morgan fingerprint density at radius 2 is 2.12 bits per heavy atom. The Kier molecular flexibility index (Phi) is 6.51. The standard InChI is InChI=1S/C19H25N5O/c1-6-14(2)7-8-15(3)24-10-9-18(12-24)25-19-11-22-23-17(5)21-13-20-16(19)4/h6-8,11,13,18,22H,1-3,9-10,12H2,4-5H3/b8-7-,19-11?,20-16?,21-13?,23-17?/t18-/m1/s1. The van der Waals surface area contributed by atoms with E-state index < -0.39 is 0 Å². The Morgan fingerprint density at radius 3 is 2.88 bits per heavy atom. The van der Waals surface area contributed by atoms with Crippen molar-refractivity contribution in [1.82, 2.24) is 25.1 Å². The van der Waals surface area contributed by atoms with E-state index in [4.69, 9.17) is 4.74 Å². The fourth-order valence-electron chi connectivity index (χ4n) is 2.34. The molecule has 1 aliphatic rings. The van der Waals surface area contributed by atoms with Gasteiger partial charge in [-0.25, -0.2) is 9.97 Å². The van der Waals surface area contributed by atoms with Gasteiger partial charge in [-0.1, -0.05) is 31.9 Å². The number of aryl methyl sites for hydroxylation is 2. The number of allylic oxidation sites excluding steroid dienone is 4. The van der Waals surface area contributed by atoms with Crippen LogP contribution in [0.3, 0.4) is 0 Å². The van der Waals surface area contributed by atoms with Crippen molar-refractivity contribution in [2.75, 3.05) is 13.1 Å². The first-order chi connectivity index (χ1) is 12.0. The minimum atomic E-state index is 0.0636. The smallest absolute Gasteiger partial charge is 0.158 e. The summed E-state index contributed by atoms with van der Waals surface area (Å²) in [5.41, 5.74) is 2.55. The molecule has 1 atom stereocenters. The maximum Gasteiger partial charge on any atom is 0.158 e. The van der Waals surface area contributed by atoms with Crippen molar-refractivity contribution in [1.29, 1.82) is 0 Å². The number of nitrogens with zero attached hydrogens (tertiary/aromatic N) is 4. The zero-order valence-electron chi connectivity index (χ0n) is 14.9. The summed E-state index contributed by atoms with van der Waals surface area (Å²) in [5.74, 6) is 1.27. The molecule has 25 heavy (non-hydrogen) atoms. The molecule has 1 saturated heterocycles. The van der Waals surface area contributed by atoms with Crippen LogP contribution in [0.2, 0.25) is 0 Å². The Hall–Kier alpha value is -2.89. The van der Waals surface area contributed by atoms with Crippen molar-refractivity contribution in [3.05, 3.63) is 73.3 Å². The van der Waals surface area contributed by atoms with E-state index in [2.05, 4.69) is 44.8 Å². The maximum atomic E-state index is 6.11. The summed E-state index contributed by atoms with van der Waals surface area (Å²) in [4.78, 5) is 10.6. The maximum absolute atomic E-state index is 6.11. The van der Waals surface area contributed by atoms with Crippen LogP contribution in [0.25, 0.3) is 0 Å². The van der Waals surface area contributed by atoms with E-state index in [9.17, 15) is 0 Å². The number of aromatic amines is 1. The average Bonchev–Trinajstić information content (AvgIpc) is 3.08. The molecule has 1 aromatic rings. The first-order valence-electron chi connectivity index (χ1n) is 8.17. The summed E-state index contributed by atoms with van der Waals surface area (Å²) in [7, 11) is 0. The molecule has 2 heterocycles. The molecular formula is C19H25N5O. The Balaban J connectivity index is 2.04. The highest BCUT2D eigenvalue weighted by Crippen LogP contribution is 2.21. The molecule has 0 aromatic carbocycles. The molecule has 1 aromatic heterocycles. The number of rotatable bonds is 6. The summed E-state index contributed by atoms with van der Waals surface area (Å²) in [6, 6.07) is 0. The van der Waals surface area contributed by atoms with Gasteiger partial charge in [-0.05, 0) is 25.5 Å². The second-order valence-electron chi connectivity index (χ2n) is 5.83. The molecule has 0 saturated carbocycles. The molecular weight excluding hydrogens is 314 g/mol. The van der Waals surface area contributed by atoms with Crippen molar-refractivity contribution in [3.63, 3.8) is 0 Å². The summed E-state index contributed by atoms with van der Waals surface area (Å²) in [6.07, 6.45) is 9.75. The van der Waals surface area contributed by atoms with Crippen molar-refractivity contribution < 1.29 is 4.74 Å². The van der Waals surface area contributed by atoms with E-state index in [1.54, 1.807) is 19.2 Å². The highest BCUT2D eigenvalue weighted by Gasteiger charge is 2.24. The Labute approximate surface area is 149 Å². The van der Waals surface area contributed by atoms with Crippen molar-refractivity contribution in [3.8, 4) is 5.75 Å². The van der Waals surface area contributed by atoms with Gasteiger partial charge in [0.15, 0.2) is 5.75 Å². The van der Waals surface area contributed by atoms with E-state index >= 15 is 0 Å². The highest BCUT2D eigenvalue weighted by atomic mass is 16.5. The molecule has 1 N–H and O–H groups in total. The van der Waals surface area contributed by atoms with Gasteiger partial charge in [-0.3, -0.25) is 5.10 Å². The van der Waals surface area contributed by atoms with Gasteiger partial charge < -0.3 is 9.64 Å². The fraction of sp³-hybridized carbons (Fsp3) is 0.316. The lowest BCUT2D eigenvalue weighted by Gasteiger charge is -2.19. The molecule has 2 rings (SSSR count). The number of ether oxygens (including phenoxy) is 1. The lowest BCUT2D eigenvalue weighted by atomic mass is 10.2. The van der Waals surface area contributed by atoms with E-state index in [0.29, 0.717) is 11.6 Å². The molecule has 0 unspecified atom stereocenters. The normalized spacial score (nSPS) is 16.6. The molecule has 0 aliphatic carbocycles. The monoisotopic (exact) mass is 339 g/mol. The zero-order valence-corrected chi connectivity index (χ0v) is 14.9. The quantitative estimate of drug-likeness (QED) is 0.806. The number of hydrogen-bond acceptors (Lipinski definition) is 5. The summed E-state index contributed by atoms with van der Waals surface area (Å²) in [5, 5.41) is 6.93. The second-order valence-corrected chi connectivity index (χ2v) is 5.83. The van der Waals surface area contributed by atoms with Crippen LogP contribution >= 0.6 is 0 Å². The molecule has 0 radical (unpaired) electrons. The fourth-order valence-corrected chi connectivity index (χ4v) is 2.34. The van der Waals surface area contributed by atoms with Crippen LogP contribution in [-0.4, -0.2) is 44.3 Å². The number of hydrogen-bond donors (Lipinski definition) is 1. The van der Waals surface area contributed by atoms with E-state index in [-0.39, 0.29) is 6.10 Å². The zero-order chi connectivity index (χ0) is 18.2. The van der Waals surface area contributed by atoms with Crippen LogP contribution in [-0.2, 0) is 0 Å². The topological polar surface area (TPSA) is 66.9 Å². The van der Waals surface area contributed by atoms with Gasteiger partial charge in [0.05, 0.1) is 18.4 Å². The van der Waals surface area contributed by atoms with E-state index in [1.807, 2.05) is 19.1 Å². The Bertz CT molecular complexity index is 733. The number of likely N-dealkylation sites (tertiary alicyclic amines) is 1. The highest BCUT2D eigenvalue weighted by molar-refractivity contribution is 5.30. The Morgan fingerprint density at radius 1 is 1.32 bits per heavy atom. The third-order valence-electron chi connectivity index (χ3n) is 3.87. The third kappa shape index (κ3) is 5.60. The van der Waals surface area contributed by atoms with Crippen LogP contribution in [0.1, 0.15) is 17.9 Å². The van der Waals surface area contributed by atoms with Crippen molar-refractivity contribution >= 4 is 0 Å². The molecule has 0 spiro atoms. The SMILES string of the molecule is C=CC(=C)/C=C\C(=C)N1CC[C@@H](Oc2c[nH]nc(C)ncnc2C)C1. The van der Waals surface area contributed by atoms with Gasteiger partial charge in [0.1, 0.15) is 18.3 Å². The van der Waals surface area contributed by atoms with Gasteiger partial charge in [-0.15, -0.1) is 0 Å². The van der Waals surface area contributed by atoms with Crippen LogP contribution < -0.4 is 4.74 Å². The summed E-state index contributed by atoms with van der Waals surface area (Å²) >= 11 is 0. The molecule has 1 aliphatic heterocycles. The average molecular weight is 339 g/mol. The lowest BCUT2D eigenvalue weighted by molar-refractivity contribution is 0.207. The predicted octanol–water partition coefficient (Wildman–Crippen LogP) is 3.21. The predicted molar refractivity (Wildman–Crippen MR) is 99.5 cm³/mol. The van der Waals surface area contributed by atoms with Gasteiger partial charge in [0.25, 0.3) is 0 Å². The van der Waals surface area contributed by atoms with Crippen LogP contribution in [0.15, 0.2) is 61.8 Å². The molecule has 132 valence electrons. The van der Waals surface area contributed by atoms with Gasteiger partial charge in [0, 0.05) is 18.7 Å². The molecule has 6 heteroatoms. The van der Waals surface area contributed by atoms with Gasteiger partial charge in [-0.2, -0.15) is 5.10 Å². The minimum Gasteiger partial charge on any atom is -0.485 e. The number of H-pyrrole nitrogens is 1. The summed E-state index contributed by atoms with van der Waals surface area (Å²) in [6.45, 7) is 17.0. The second kappa shape index (κ2) is 8.82. The third-order valence-corrected chi connectivity index (χ3v) is 3.87. The lowest BCUT2D eigenvalue weighted by Crippen LogP contribution is -2.23. The van der Waals surface area contributed by atoms with Gasteiger partial charge in [0.2, 0.25) is 0 Å². The number of nitrogens with one attached hydrogen (secondary N) is 1. The van der Waals surface area contributed by atoms with E-state index in [1.165, 1.54) is 6.33 Å². The summed E-state index contributed by atoms with van der Waals surface area (Å²) < 4.78 is 6.11. The first kappa shape index (κ1) is 18.4. The molecule has 0 amide bonds. The number of aromatic nitrogens is 4. The van der Waals surface area contributed by atoms with Gasteiger partial charge >= 0.3 is 0 Å². The minimum absolute atomic E-state index is 0.0636. The van der Waals surface area contributed by atoms with Crippen LogP contribution in [0, 0.1) is 13.8 Å². The largest absolute Gasteiger partial charge is 0.485 e. The molecule has 6 nitrogen and oxygen atoms in total. The van der Waals surface area contributed by atoms with E-state index in [0.717, 1.165) is 36.5 Å². The van der Waals surface area contributed by atoms with Crippen LogP contribution in [0.4, 0.5) is 0 Å². The van der Waals surface area contributed by atoms with Crippen molar-refractivity contribution in [2.45, 2.75) is 26.4 Å². The molecule has 1 fully saturated rings.